The predicted molar refractivity (Wildman–Crippen MR) is 113 cm³/mol. The highest BCUT2D eigenvalue weighted by Crippen LogP contribution is 2.26. The van der Waals surface area contributed by atoms with E-state index in [0.29, 0.717) is 36.1 Å². The van der Waals surface area contributed by atoms with Crippen molar-refractivity contribution in [1.29, 1.82) is 0 Å². The smallest absolute Gasteiger partial charge is 0.411 e. The van der Waals surface area contributed by atoms with E-state index in [0.717, 1.165) is 5.56 Å². The number of methoxy groups -OCH3 is 1. The van der Waals surface area contributed by atoms with E-state index >= 15 is 0 Å². The number of hydrogen-bond acceptors (Lipinski definition) is 4. The van der Waals surface area contributed by atoms with Crippen LogP contribution in [0.2, 0.25) is 0 Å². The summed E-state index contributed by atoms with van der Waals surface area (Å²) in [6.07, 6.45) is -4.48. The Morgan fingerprint density at radius 1 is 1.03 bits per heavy atom. The Kier molecular flexibility index (Phi) is 9.45. The largest absolute Gasteiger partial charge is 0.493 e. The number of ether oxygens (including phenoxy) is 3. The van der Waals surface area contributed by atoms with Crippen LogP contribution >= 0.6 is 0 Å². The summed E-state index contributed by atoms with van der Waals surface area (Å²) in [7, 11) is 3.25. The normalized spacial score (nSPS) is 12.9. The third kappa shape index (κ3) is 9.17. The highest BCUT2D eigenvalue weighted by Gasteiger charge is 2.27. The van der Waals surface area contributed by atoms with Gasteiger partial charge in [-0.2, -0.15) is 13.2 Å². The van der Waals surface area contributed by atoms with Crippen molar-refractivity contribution in [3.63, 3.8) is 0 Å². The van der Waals surface area contributed by atoms with Gasteiger partial charge in [0.05, 0.1) is 20.3 Å². The van der Waals surface area contributed by atoms with E-state index in [1.807, 2.05) is 37.3 Å². The second-order valence-corrected chi connectivity index (χ2v) is 6.81. The van der Waals surface area contributed by atoms with Crippen molar-refractivity contribution >= 4 is 5.96 Å². The molecule has 0 saturated heterocycles. The predicted octanol–water partition coefficient (Wildman–Crippen LogP) is 3.91. The maximum Gasteiger partial charge on any atom is 0.411 e. The van der Waals surface area contributed by atoms with E-state index in [4.69, 9.17) is 14.2 Å². The number of rotatable bonds is 10. The minimum atomic E-state index is -4.33. The molecule has 1 unspecified atom stereocenters. The van der Waals surface area contributed by atoms with Crippen molar-refractivity contribution in [2.24, 2.45) is 4.99 Å². The Balaban J connectivity index is 1.79. The summed E-state index contributed by atoms with van der Waals surface area (Å²) < 4.78 is 52.5. The quantitative estimate of drug-likeness (QED) is 0.434. The van der Waals surface area contributed by atoms with E-state index in [1.165, 1.54) is 0 Å². The van der Waals surface area contributed by atoms with Crippen molar-refractivity contribution in [1.82, 2.24) is 10.6 Å². The molecule has 2 aromatic rings. The summed E-state index contributed by atoms with van der Waals surface area (Å²) in [5, 5.41) is 6.36. The van der Waals surface area contributed by atoms with Crippen LogP contribution in [0.1, 0.15) is 18.1 Å². The number of aliphatic imine (C=N–C) groups is 1. The molecule has 2 aromatic carbocycles. The van der Waals surface area contributed by atoms with Gasteiger partial charge in [-0.15, -0.1) is 0 Å². The Morgan fingerprint density at radius 3 is 2.42 bits per heavy atom. The van der Waals surface area contributed by atoms with E-state index in [9.17, 15) is 13.2 Å². The number of nitrogens with one attached hydrogen (secondary N) is 2. The summed E-state index contributed by atoms with van der Waals surface area (Å²) in [6, 6.07) is 14.6. The monoisotopic (exact) mass is 439 g/mol. The molecule has 0 radical (unpaired) electrons. The van der Waals surface area contributed by atoms with Crippen LogP contribution in [-0.4, -0.2) is 45.5 Å². The molecule has 2 rings (SSSR count). The van der Waals surface area contributed by atoms with Crippen LogP contribution in [0.25, 0.3) is 0 Å². The average Bonchev–Trinajstić information content (AvgIpc) is 2.73. The highest BCUT2D eigenvalue weighted by molar-refractivity contribution is 5.79. The second-order valence-electron chi connectivity index (χ2n) is 6.81. The van der Waals surface area contributed by atoms with Gasteiger partial charge in [0, 0.05) is 13.6 Å². The van der Waals surface area contributed by atoms with Crippen LogP contribution in [0.3, 0.4) is 0 Å². The Hall–Kier alpha value is -2.94. The first-order valence-corrected chi connectivity index (χ1v) is 9.77. The summed E-state index contributed by atoms with van der Waals surface area (Å²) in [4.78, 5) is 4.18. The lowest BCUT2D eigenvalue weighted by Crippen LogP contribution is -2.41. The van der Waals surface area contributed by atoms with Crippen LogP contribution in [0, 0.1) is 0 Å². The number of halogens is 3. The van der Waals surface area contributed by atoms with Gasteiger partial charge in [0.15, 0.2) is 17.5 Å². The molecule has 0 aliphatic rings. The first kappa shape index (κ1) is 24.3. The topological polar surface area (TPSA) is 64.1 Å². The molecule has 9 heteroatoms. The summed E-state index contributed by atoms with van der Waals surface area (Å²) >= 11 is 0. The summed E-state index contributed by atoms with van der Waals surface area (Å²) in [5.41, 5.74) is 1.57. The molecule has 6 nitrogen and oxygen atoms in total. The number of alkyl halides is 3. The van der Waals surface area contributed by atoms with E-state index in [-0.39, 0.29) is 12.7 Å². The van der Waals surface area contributed by atoms with Gasteiger partial charge in [-0.05, 0) is 30.2 Å². The SMILES string of the molecule is CN=C(NCc1cccc(COCC(F)(F)F)c1)NCC(C)Oc1ccccc1OC. The van der Waals surface area contributed by atoms with E-state index in [1.54, 1.807) is 32.4 Å². The summed E-state index contributed by atoms with van der Waals surface area (Å²) in [5.74, 6) is 1.90. The van der Waals surface area contributed by atoms with Crippen LogP contribution in [0.4, 0.5) is 13.2 Å². The first-order valence-electron chi connectivity index (χ1n) is 9.77. The van der Waals surface area contributed by atoms with Gasteiger partial charge >= 0.3 is 6.18 Å². The first-order chi connectivity index (χ1) is 14.8. The van der Waals surface area contributed by atoms with Gasteiger partial charge in [0.1, 0.15) is 12.7 Å². The minimum Gasteiger partial charge on any atom is -0.493 e. The minimum absolute atomic E-state index is 0.0991. The zero-order chi connectivity index (χ0) is 22.7. The lowest BCUT2D eigenvalue weighted by Gasteiger charge is -2.19. The van der Waals surface area contributed by atoms with Crippen LogP contribution in [-0.2, 0) is 17.9 Å². The lowest BCUT2D eigenvalue weighted by atomic mass is 10.1. The molecule has 170 valence electrons. The van der Waals surface area contributed by atoms with Crippen LogP contribution in [0.15, 0.2) is 53.5 Å². The standard InChI is InChI=1S/C22H28F3N3O3/c1-16(31-20-10-5-4-9-19(20)29-3)12-27-21(26-2)28-13-17-7-6-8-18(11-17)14-30-15-22(23,24)25/h4-11,16H,12-15H2,1-3H3,(H2,26,27,28). The maximum atomic E-state index is 12.2. The van der Waals surface area contributed by atoms with Crippen molar-refractivity contribution in [2.75, 3.05) is 27.3 Å². The van der Waals surface area contributed by atoms with Gasteiger partial charge in [-0.1, -0.05) is 36.4 Å². The molecule has 0 aliphatic carbocycles. The Labute approximate surface area is 180 Å². The molecule has 0 amide bonds. The molecule has 0 bridgehead atoms. The molecular formula is C22H28F3N3O3. The third-order valence-electron chi connectivity index (χ3n) is 4.16. The van der Waals surface area contributed by atoms with Gasteiger partial charge in [-0.25, -0.2) is 0 Å². The van der Waals surface area contributed by atoms with Crippen molar-refractivity contribution in [3.05, 3.63) is 59.7 Å². The van der Waals surface area contributed by atoms with E-state index < -0.39 is 12.8 Å². The fourth-order valence-electron chi connectivity index (χ4n) is 2.74. The van der Waals surface area contributed by atoms with Crippen LogP contribution in [0.5, 0.6) is 11.5 Å². The fourth-order valence-corrected chi connectivity index (χ4v) is 2.74. The fraction of sp³-hybridized carbons (Fsp3) is 0.409. The number of para-hydroxylation sites is 2. The Morgan fingerprint density at radius 2 is 1.74 bits per heavy atom. The lowest BCUT2D eigenvalue weighted by molar-refractivity contribution is -0.176. The van der Waals surface area contributed by atoms with E-state index in [2.05, 4.69) is 15.6 Å². The van der Waals surface area contributed by atoms with Gasteiger partial charge in [-0.3, -0.25) is 4.99 Å². The molecule has 0 aliphatic heterocycles. The zero-order valence-electron chi connectivity index (χ0n) is 17.8. The molecule has 0 heterocycles. The zero-order valence-corrected chi connectivity index (χ0v) is 17.8. The molecule has 0 saturated carbocycles. The molecular weight excluding hydrogens is 411 g/mol. The van der Waals surface area contributed by atoms with Gasteiger partial charge in [0.25, 0.3) is 0 Å². The van der Waals surface area contributed by atoms with Gasteiger partial charge < -0.3 is 24.8 Å². The summed E-state index contributed by atoms with van der Waals surface area (Å²) in [6.45, 7) is 1.52. The molecule has 2 N–H and O–H groups in total. The number of benzene rings is 2. The average molecular weight is 439 g/mol. The van der Waals surface area contributed by atoms with Crippen molar-refractivity contribution < 1.29 is 27.4 Å². The molecule has 1 atom stereocenters. The Bertz CT molecular complexity index is 844. The maximum absolute atomic E-state index is 12.2. The van der Waals surface area contributed by atoms with Gasteiger partial charge in [0.2, 0.25) is 0 Å². The molecule has 0 aromatic heterocycles. The third-order valence-corrected chi connectivity index (χ3v) is 4.16. The van der Waals surface area contributed by atoms with Crippen LogP contribution < -0.4 is 20.1 Å². The molecule has 31 heavy (non-hydrogen) atoms. The number of hydrogen-bond donors (Lipinski definition) is 2. The molecule has 0 spiro atoms. The highest BCUT2D eigenvalue weighted by atomic mass is 19.4. The second kappa shape index (κ2) is 12.0. The van der Waals surface area contributed by atoms with Crippen molar-refractivity contribution in [2.45, 2.75) is 32.4 Å². The van der Waals surface area contributed by atoms with Crippen molar-refractivity contribution in [3.8, 4) is 11.5 Å². The number of guanidine groups is 1. The molecule has 0 fully saturated rings. The number of nitrogens with zero attached hydrogens (tertiary/aromatic N) is 1.